The molecule has 2 aliphatic carbocycles. The fourth-order valence-electron chi connectivity index (χ4n) is 5.38. The van der Waals surface area contributed by atoms with Crippen molar-refractivity contribution < 1.29 is 24.2 Å². The second-order valence-corrected chi connectivity index (χ2v) is 9.53. The third kappa shape index (κ3) is 5.41. The number of benzene rings is 2. The molecule has 1 saturated carbocycles. The highest BCUT2D eigenvalue weighted by molar-refractivity contribution is 5.80. The van der Waals surface area contributed by atoms with Crippen molar-refractivity contribution >= 4 is 18.0 Å². The molecule has 2 aromatic rings. The molecule has 7 heteroatoms. The summed E-state index contributed by atoms with van der Waals surface area (Å²) in [6.45, 7) is 1.95. The molecule has 0 unspecified atom stereocenters. The van der Waals surface area contributed by atoms with Crippen LogP contribution in [0.4, 0.5) is 4.79 Å². The number of hydrogen-bond acceptors (Lipinski definition) is 4. The van der Waals surface area contributed by atoms with Gasteiger partial charge in [-0.2, -0.15) is 0 Å². The first-order valence-electron chi connectivity index (χ1n) is 12.0. The molecule has 2 aliphatic rings. The van der Waals surface area contributed by atoms with E-state index in [0.717, 1.165) is 41.5 Å². The Morgan fingerprint density at radius 3 is 2.18 bits per heavy atom. The zero-order chi connectivity index (χ0) is 24.1. The zero-order valence-corrected chi connectivity index (χ0v) is 19.5. The van der Waals surface area contributed by atoms with Gasteiger partial charge in [0.05, 0.1) is 12.0 Å². The molecule has 1 fully saturated rings. The molecule has 34 heavy (non-hydrogen) atoms. The lowest BCUT2D eigenvalue weighted by molar-refractivity contribution is -0.139. The molecule has 0 radical (unpaired) electrons. The molecule has 1 atom stereocenters. The van der Waals surface area contributed by atoms with Crippen LogP contribution in [0.3, 0.4) is 0 Å². The lowest BCUT2D eigenvalue weighted by atomic mass is 9.79. The van der Waals surface area contributed by atoms with Crippen LogP contribution in [0.5, 0.6) is 0 Å². The van der Waals surface area contributed by atoms with Crippen LogP contribution in [0.15, 0.2) is 48.5 Å². The Morgan fingerprint density at radius 2 is 1.59 bits per heavy atom. The molecule has 7 nitrogen and oxygen atoms in total. The number of ether oxygens (including phenoxy) is 1. The Hall–Kier alpha value is -3.35. The van der Waals surface area contributed by atoms with E-state index in [-0.39, 0.29) is 31.3 Å². The number of fused-ring (bicyclic) bond motifs is 3. The Morgan fingerprint density at radius 1 is 1.00 bits per heavy atom. The van der Waals surface area contributed by atoms with Crippen LogP contribution in [0, 0.1) is 0 Å². The second kappa shape index (κ2) is 10.3. The maximum atomic E-state index is 12.6. The van der Waals surface area contributed by atoms with Gasteiger partial charge in [0, 0.05) is 18.4 Å². The summed E-state index contributed by atoms with van der Waals surface area (Å²) in [4.78, 5) is 36.4. The number of carboxylic acids is 1. The first-order valence-corrected chi connectivity index (χ1v) is 12.0. The third-order valence-corrected chi connectivity index (χ3v) is 6.90. The number of carboxylic acid groups (broad SMARTS) is 1. The third-order valence-electron chi connectivity index (χ3n) is 6.90. The predicted molar refractivity (Wildman–Crippen MR) is 128 cm³/mol. The highest BCUT2D eigenvalue weighted by atomic mass is 16.5. The van der Waals surface area contributed by atoms with Gasteiger partial charge in [-0.3, -0.25) is 9.59 Å². The number of rotatable bonds is 8. The molecule has 0 heterocycles. The van der Waals surface area contributed by atoms with Crippen molar-refractivity contribution in [3.8, 4) is 11.1 Å². The highest BCUT2D eigenvalue weighted by Crippen LogP contribution is 2.44. The van der Waals surface area contributed by atoms with Crippen molar-refractivity contribution in [2.24, 2.45) is 0 Å². The largest absolute Gasteiger partial charge is 0.481 e. The maximum absolute atomic E-state index is 12.6. The summed E-state index contributed by atoms with van der Waals surface area (Å²) in [5, 5.41) is 15.0. The number of nitrogens with one attached hydrogen (secondary N) is 2. The van der Waals surface area contributed by atoms with Gasteiger partial charge in [-0.05, 0) is 42.0 Å². The Balaban J connectivity index is 1.30. The summed E-state index contributed by atoms with van der Waals surface area (Å²) >= 11 is 0. The molecule has 0 aromatic heterocycles. The van der Waals surface area contributed by atoms with Crippen LogP contribution in [-0.2, 0) is 14.3 Å². The van der Waals surface area contributed by atoms with E-state index < -0.39 is 23.6 Å². The Kier molecular flexibility index (Phi) is 7.20. The molecule has 0 aliphatic heterocycles. The summed E-state index contributed by atoms with van der Waals surface area (Å²) in [5.74, 6) is -1.19. The van der Waals surface area contributed by atoms with Gasteiger partial charge in [-0.1, -0.05) is 67.8 Å². The first-order chi connectivity index (χ1) is 16.4. The van der Waals surface area contributed by atoms with Gasteiger partial charge in [0.2, 0.25) is 5.91 Å². The average molecular weight is 465 g/mol. The molecule has 0 bridgehead atoms. The first kappa shape index (κ1) is 23.8. The monoisotopic (exact) mass is 464 g/mol. The standard InChI is InChI=1S/C27H32N2O5/c1-18(15-24(30)29-27(16-25(31)32)13-7-2-8-14-27)28-26(33)34-17-23-21-11-5-3-9-19(21)20-10-4-6-12-22(20)23/h3-6,9-12,18,23H,2,7-8,13-17H2,1H3,(H,28,33)(H,29,30)(H,31,32)/t18-/m0/s1. The van der Waals surface area contributed by atoms with Crippen molar-refractivity contribution in [1.29, 1.82) is 0 Å². The van der Waals surface area contributed by atoms with E-state index in [1.165, 1.54) is 0 Å². The molecule has 2 aromatic carbocycles. The fraction of sp³-hybridized carbons (Fsp3) is 0.444. The lowest BCUT2D eigenvalue weighted by Gasteiger charge is -2.37. The van der Waals surface area contributed by atoms with E-state index >= 15 is 0 Å². The average Bonchev–Trinajstić information content (AvgIpc) is 3.11. The van der Waals surface area contributed by atoms with Crippen LogP contribution in [0.25, 0.3) is 11.1 Å². The molecule has 0 saturated heterocycles. The minimum Gasteiger partial charge on any atom is -0.481 e. The fourth-order valence-corrected chi connectivity index (χ4v) is 5.38. The van der Waals surface area contributed by atoms with Crippen molar-refractivity contribution in [1.82, 2.24) is 10.6 Å². The van der Waals surface area contributed by atoms with Gasteiger partial charge in [0.25, 0.3) is 0 Å². The van der Waals surface area contributed by atoms with Crippen LogP contribution >= 0.6 is 0 Å². The van der Waals surface area contributed by atoms with E-state index in [9.17, 15) is 19.5 Å². The van der Waals surface area contributed by atoms with Crippen molar-refractivity contribution in [2.45, 2.75) is 69.4 Å². The molecule has 4 rings (SSSR count). The van der Waals surface area contributed by atoms with Crippen LogP contribution in [-0.4, -0.2) is 41.3 Å². The Labute approximate surface area is 199 Å². The number of alkyl carbamates (subject to hydrolysis) is 1. The van der Waals surface area contributed by atoms with Crippen LogP contribution < -0.4 is 10.6 Å². The van der Waals surface area contributed by atoms with E-state index in [1.807, 2.05) is 24.3 Å². The molecule has 2 amide bonds. The van der Waals surface area contributed by atoms with E-state index in [2.05, 4.69) is 34.9 Å². The molecule has 180 valence electrons. The maximum Gasteiger partial charge on any atom is 0.407 e. The van der Waals surface area contributed by atoms with Crippen LogP contribution in [0.2, 0.25) is 0 Å². The van der Waals surface area contributed by atoms with Gasteiger partial charge in [-0.25, -0.2) is 4.79 Å². The number of amides is 2. The van der Waals surface area contributed by atoms with Crippen molar-refractivity contribution in [2.75, 3.05) is 6.61 Å². The summed E-state index contributed by atoms with van der Waals surface area (Å²) in [6, 6.07) is 15.8. The number of hydrogen-bond donors (Lipinski definition) is 3. The smallest absolute Gasteiger partial charge is 0.407 e. The second-order valence-electron chi connectivity index (χ2n) is 9.53. The topological polar surface area (TPSA) is 105 Å². The number of carbonyl (C=O) groups is 3. The Bertz CT molecular complexity index is 1010. The zero-order valence-electron chi connectivity index (χ0n) is 19.5. The lowest BCUT2D eigenvalue weighted by Crippen LogP contribution is -2.52. The summed E-state index contributed by atoms with van der Waals surface area (Å²) in [7, 11) is 0. The normalized spacial score (nSPS) is 17.2. The van der Waals surface area contributed by atoms with Gasteiger partial charge in [0.15, 0.2) is 0 Å². The summed E-state index contributed by atoms with van der Waals surface area (Å²) in [6.07, 6.45) is 3.61. The van der Waals surface area contributed by atoms with Gasteiger partial charge < -0.3 is 20.5 Å². The summed E-state index contributed by atoms with van der Waals surface area (Å²) < 4.78 is 5.55. The quantitative estimate of drug-likeness (QED) is 0.530. The number of aliphatic carboxylic acids is 1. The molecular weight excluding hydrogens is 432 g/mol. The van der Waals surface area contributed by atoms with Gasteiger partial charge in [0.1, 0.15) is 6.61 Å². The minimum absolute atomic E-state index is 0.0288. The predicted octanol–water partition coefficient (Wildman–Crippen LogP) is 4.60. The van der Waals surface area contributed by atoms with Gasteiger partial charge >= 0.3 is 12.1 Å². The van der Waals surface area contributed by atoms with E-state index in [0.29, 0.717) is 12.8 Å². The molecule has 0 spiro atoms. The SMILES string of the molecule is C[C@@H](CC(=O)NC1(CC(=O)O)CCCCC1)NC(=O)OCC1c2ccccc2-c2ccccc21. The minimum atomic E-state index is -0.910. The highest BCUT2D eigenvalue weighted by Gasteiger charge is 2.36. The number of carbonyl (C=O) groups excluding carboxylic acids is 2. The summed E-state index contributed by atoms with van der Waals surface area (Å²) in [5.41, 5.74) is 3.91. The van der Waals surface area contributed by atoms with Crippen molar-refractivity contribution in [3.05, 3.63) is 59.7 Å². The van der Waals surface area contributed by atoms with Crippen molar-refractivity contribution in [3.63, 3.8) is 0 Å². The van der Waals surface area contributed by atoms with E-state index in [4.69, 9.17) is 4.74 Å². The molecular formula is C27H32N2O5. The van der Waals surface area contributed by atoms with Gasteiger partial charge in [-0.15, -0.1) is 0 Å². The van der Waals surface area contributed by atoms with E-state index in [1.54, 1.807) is 6.92 Å². The van der Waals surface area contributed by atoms with Crippen LogP contribution in [0.1, 0.15) is 68.9 Å². The molecule has 3 N–H and O–H groups in total.